The second-order valence-electron chi connectivity index (χ2n) is 5.22. The highest BCUT2D eigenvalue weighted by Crippen LogP contribution is 2.28. The van der Waals surface area contributed by atoms with Crippen molar-refractivity contribution in [3.63, 3.8) is 0 Å². The highest BCUT2D eigenvalue weighted by atomic mass is 127. The van der Waals surface area contributed by atoms with Crippen LogP contribution in [0.15, 0.2) is 47.3 Å². The number of hydrogen-bond acceptors (Lipinski definition) is 4. The normalized spacial score (nSPS) is 12.2. The van der Waals surface area contributed by atoms with E-state index in [0.29, 0.717) is 30.9 Å². The monoisotopic (exact) mass is 499 g/mol. The van der Waals surface area contributed by atoms with Crippen molar-refractivity contribution in [1.82, 2.24) is 14.6 Å². The zero-order valence-corrected chi connectivity index (χ0v) is 16.9. The summed E-state index contributed by atoms with van der Waals surface area (Å²) in [6.45, 7) is 0. The van der Waals surface area contributed by atoms with E-state index in [1.54, 1.807) is 18.2 Å². The predicted molar refractivity (Wildman–Crippen MR) is 111 cm³/mol. The summed E-state index contributed by atoms with van der Waals surface area (Å²) in [7, 11) is 0. The molecule has 0 bridgehead atoms. The van der Waals surface area contributed by atoms with Crippen molar-refractivity contribution in [2.24, 2.45) is 0 Å². The number of nitrogens with zero attached hydrogens (tertiary/aromatic N) is 3. The Morgan fingerprint density at radius 1 is 1.12 bits per heavy atom. The lowest BCUT2D eigenvalue weighted by Gasteiger charge is -1.98. The molecule has 4 rings (SSSR count). The van der Waals surface area contributed by atoms with Gasteiger partial charge in [-0.05, 0) is 64.6 Å². The van der Waals surface area contributed by atoms with Crippen LogP contribution in [0.5, 0.6) is 0 Å². The summed E-state index contributed by atoms with van der Waals surface area (Å²) in [5.74, 6) is 0.408. The fourth-order valence-electron chi connectivity index (χ4n) is 2.33. The average Bonchev–Trinajstić information content (AvgIpc) is 3.10. The number of rotatable bonds is 2. The molecule has 124 valence electrons. The first kappa shape index (κ1) is 17.0. The molecule has 0 spiro atoms. The van der Waals surface area contributed by atoms with Gasteiger partial charge in [0.05, 0.1) is 9.55 Å². The summed E-state index contributed by atoms with van der Waals surface area (Å²) < 4.78 is 3.04. The molecular weight excluding hydrogens is 492 g/mol. The van der Waals surface area contributed by atoms with Crippen molar-refractivity contribution in [3.8, 4) is 11.4 Å². The quantitative estimate of drug-likeness (QED) is 0.387. The first-order chi connectivity index (χ1) is 12.0. The maximum atomic E-state index is 12.6. The van der Waals surface area contributed by atoms with Gasteiger partial charge in [-0.3, -0.25) is 4.79 Å². The third kappa shape index (κ3) is 3.31. The van der Waals surface area contributed by atoms with Gasteiger partial charge in [-0.25, -0.2) is 0 Å². The van der Waals surface area contributed by atoms with Crippen LogP contribution in [-0.2, 0) is 0 Å². The Kier molecular flexibility index (Phi) is 4.53. The molecule has 0 fully saturated rings. The lowest BCUT2D eigenvalue weighted by atomic mass is 10.2. The van der Waals surface area contributed by atoms with E-state index < -0.39 is 0 Å². The summed E-state index contributed by atoms with van der Waals surface area (Å²) in [6, 6.07) is 13.0. The molecular formula is C17H8Cl2IN3OS. The van der Waals surface area contributed by atoms with Crippen molar-refractivity contribution in [2.45, 2.75) is 0 Å². The molecule has 2 heterocycles. The van der Waals surface area contributed by atoms with E-state index in [4.69, 9.17) is 23.2 Å². The first-order valence-corrected chi connectivity index (χ1v) is 9.79. The lowest BCUT2D eigenvalue weighted by molar-refractivity contribution is 0.937. The van der Waals surface area contributed by atoms with Gasteiger partial charge < -0.3 is 0 Å². The maximum Gasteiger partial charge on any atom is 0.291 e. The van der Waals surface area contributed by atoms with Crippen LogP contribution >= 0.6 is 57.1 Å². The Morgan fingerprint density at radius 3 is 2.56 bits per heavy atom. The molecule has 0 amide bonds. The number of thiazole rings is 1. The van der Waals surface area contributed by atoms with Gasteiger partial charge in [0.2, 0.25) is 4.96 Å². The molecule has 0 aliphatic carbocycles. The molecule has 8 heteroatoms. The number of aromatic nitrogens is 3. The number of fused-ring (bicyclic) bond motifs is 1. The largest absolute Gasteiger partial charge is 0.291 e. The lowest BCUT2D eigenvalue weighted by Crippen LogP contribution is -2.23. The minimum Gasteiger partial charge on any atom is -0.266 e. The molecule has 2 aromatic heterocycles. The van der Waals surface area contributed by atoms with Gasteiger partial charge in [-0.15, -0.1) is 5.10 Å². The van der Waals surface area contributed by atoms with Gasteiger partial charge in [0.1, 0.15) is 0 Å². The number of halogens is 3. The van der Waals surface area contributed by atoms with E-state index in [2.05, 4.69) is 32.7 Å². The topological polar surface area (TPSA) is 47.3 Å². The van der Waals surface area contributed by atoms with Gasteiger partial charge in [0.25, 0.3) is 5.56 Å². The Morgan fingerprint density at radius 2 is 1.88 bits per heavy atom. The predicted octanol–water partition coefficient (Wildman–Crippen LogP) is 4.28. The van der Waals surface area contributed by atoms with E-state index in [0.717, 1.165) is 9.13 Å². The van der Waals surface area contributed by atoms with Crippen LogP contribution in [0.4, 0.5) is 0 Å². The zero-order valence-electron chi connectivity index (χ0n) is 12.4. The molecule has 4 aromatic rings. The van der Waals surface area contributed by atoms with E-state index in [9.17, 15) is 4.79 Å². The van der Waals surface area contributed by atoms with Crippen molar-refractivity contribution in [2.75, 3.05) is 0 Å². The molecule has 0 radical (unpaired) electrons. The van der Waals surface area contributed by atoms with Crippen LogP contribution in [0.3, 0.4) is 0 Å². The van der Waals surface area contributed by atoms with Gasteiger partial charge in [0, 0.05) is 14.2 Å². The van der Waals surface area contributed by atoms with Crippen LogP contribution in [-0.4, -0.2) is 14.6 Å². The standard InChI is InChI=1S/C17H8Cl2IN3OS/c18-10-3-6-12(13(19)8-10)15-21-17-23(22-15)16(24)14(25-17)7-9-1-4-11(20)5-2-9/h1-8H. The van der Waals surface area contributed by atoms with E-state index in [-0.39, 0.29) is 5.56 Å². The SMILES string of the molecule is O=c1c(=Cc2ccc(I)cc2)sc2nc(-c3ccc(Cl)cc3Cl)nn12. The second kappa shape index (κ2) is 6.68. The number of hydrogen-bond donors (Lipinski definition) is 0. The summed E-state index contributed by atoms with van der Waals surface area (Å²) in [5.41, 5.74) is 1.41. The molecule has 0 saturated carbocycles. The Balaban J connectivity index is 1.82. The molecule has 0 aliphatic rings. The number of benzene rings is 2. The van der Waals surface area contributed by atoms with Gasteiger partial charge in [-0.1, -0.05) is 46.7 Å². The van der Waals surface area contributed by atoms with Gasteiger partial charge >= 0.3 is 0 Å². The highest BCUT2D eigenvalue weighted by molar-refractivity contribution is 14.1. The van der Waals surface area contributed by atoms with Gasteiger partial charge in [0.15, 0.2) is 5.82 Å². The van der Waals surface area contributed by atoms with Crippen molar-refractivity contribution in [1.29, 1.82) is 0 Å². The highest BCUT2D eigenvalue weighted by Gasteiger charge is 2.14. The van der Waals surface area contributed by atoms with Crippen LogP contribution in [0.25, 0.3) is 22.4 Å². The molecule has 2 aromatic carbocycles. The molecule has 0 aliphatic heterocycles. The molecule has 25 heavy (non-hydrogen) atoms. The molecule has 0 unspecified atom stereocenters. The van der Waals surface area contributed by atoms with Crippen molar-refractivity contribution < 1.29 is 0 Å². The average molecular weight is 500 g/mol. The zero-order chi connectivity index (χ0) is 17.6. The summed E-state index contributed by atoms with van der Waals surface area (Å²) in [4.78, 5) is 17.5. The minimum atomic E-state index is -0.192. The Bertz CT molecular complexity index is 1200. The van der Waals surface area contributed by atoms with Crippen LogP contribution in [0, 0.1) is 3.57 Å². The Labute approximate surface area is 169 Å². The first-order valence-electron chi connectivity index (χ1n) is 7.13. The van der Waals surface area contributed by atoms with E-state index >= 15 is 0 Å². The van der Waals surface area contributed by atoms with Crippen LogP contribution < -0.4 is 10.1 Å². The molecule has 0 N–H and O–H groups in total. The summed E-state index contributed by atoms with van der Waals surface area (Å²) >= 11 is 15.6. The smallest absolute Gasteiger partial charge is 0.266 e. The molecule has 0 saturated heterocycles. The van der Waals surface area contributed by atoms with Crippen molar-refractivity contribution in [3.05, 3.63) is 76.5 Å². The minimum absolute atomic E-state index is 0.192. The van der Waals surface area contributed by atoms with E-state index in [1.165, 1.54) is 15.9 Å². The fraction of sp³-hybridized carbons (Fsp3) is 0. The maximum absolute atomic E-state index is 12.6. The van der Waals surface area contributed by atoms with Crippen LogP contribution in [0.1, 0.15) is 5.56 Å². The molecule has 0 atom stereocenters. The second-order valence-corrected chi connectivity index (χ2v) is 8.32. The molecule has 4 nitrogen and oxygen atoms in total. The van der Waals surface area contributed by atoms with E-state index in [1.807, 2.05) is 30.3 Å². The van der Waals surface area contributed by atoms with Crippen molar-refractivity contribution >= 4 is 68.2 Å². The third-order valence-corrected chi connectivity index (χ3v) is 5.75. The van der Waals surface area contributed by atoms with Gasteiger partial charge in [-0.2, -0.15) is 9.50 Å². The summed E-state index contributed by atoms with van der Waals surface area (Å²) in [6.07, 6.45) is 1.84. The third-order valence-electron chi connectivity index (χ3n) is 3.52. The van der Waals surface area contributed by atoms with Crippen LogP contribution in [0.2, 0.25) is 10.0 Å². The summed E-state index contributed by atoms with van der Waals surface area (Å²) in [5, 5.41) is 5.29. The Hall–Kier alpha value is -1.48. The fourth-order valence-corrected chi connectivity index (χ4v) is 4.09.